The molecule has 0 heterocycles. The van der Waals surface area contributed by atoms with Crippen LogP contribution in [0.25, 0.3) is 0 Å². The van der Waals surface area contributed by atoms with Crippen LogP contribution in [-0.2, 0) is 4.79 Å². The predicted molar refractivity (Wildman–Crippen MR) is 70.3 cm³/mol. The van der Waals surface area contributed by atoms with Gasteiger partial charge in [-0.25, -0.2) is 0 Å². The van der Waals surface area contributed by atoms with Crippen LogP contribution in [-0.4, -0.2) is 29.9 Å². The van der Waals surface area contributed by atoms with E-state index in [1.165, 1.54) is 0 Å². The number of rotatable bonds is 4. The second-order valence-corrected chi connectivity index (χ2v) is 4.97. The zero-order valence-electron chi connectivity index (χ0n) is 11.0. The molecule has 1 aliphatic rings. The maximum Gasteiger partial charge on any atom is 0.195 e. The molecule has 1 saturated carbocycles. The maximum atomic E-state index is 12.4. The maximum absolute atomic E-state index is 12.4. The highest BCUT2D eigenvalue weighted by molar-refractivity contribution is 6.04. The quantitative estimate of drug-likeness (QED) is 0.666. The van der Waals surface area contributed by atoms with E-state index >= 15 is 0 Å². The van der Waals surface area contributed by atoms with Crippen molar-refractivity contribution in [2.75, 3.05) is 7.11 Å². The fraction of sp³-hybridized carbons (Fsp3) is 0.467. The SMILES string of the molecule is COc1ccc(C(=O)C2(O)CCCCC2C=O)cc1. The number of hydrogen-bond donors (Lipinski definition) is 1. The number of aldehydes is 1. The number of methoxy groups -OCH3 is 1. The summed E-state index contributed by atoms with van der Waals surface area (Å²) in [6.07, 6.45) is 3.27. The highest BCUT2D eigenvalue weighted by Gasteiger charge is 2.45. The molecule has 0 aliphatic heterocycles. The van der Waals surface area contributed by atoms with E-state index in [1.807, 2.05) is 0 Å². The van der Waals surface area contributed by atoms with Gasteiger partial charge in [0.2, 0.25) is 0 Å². The highest BCUT2D eigenvalue weighted by atomic mass is 16.5. The van der Waals surface area contributed by atoms with Crippen molar-refractivity contribution in [3.8, 4) is 5.75 Å². The molecule has 1 aromatic carbocycles. The average molecular weight is 262 g/mol. The van der Waals surface area contributed by atoms with E-state index in [2.05, 4.69) is 0 Å². The normalized spacial score (nSPS) is 26.7. The second-order valence-electron chi connectivity index (χ2n) is 4.97. The minimum Gasteiger partial charge on any atom is -0.497 e. The number of benzene rings is 1. The Labute approximate surface area is 112 Å². The van der Waals surface area contributed by atoms with Gasteiger partial charge in [0.25, 0.3) is 0 Å². The van der Waals surface area contributed by atoms with Crippen molar-refractivity contribution in [3.63, 3.8) is 0 Å². The summed E-state index contributed by atoms with van der Waals surface area (Å²) in [5.41, 5.74) is -1.13. The molecule has 2 rings (SSSR count). The third kappa shape index (κ3) is 2.54. The van der Waals surface area contributed by atoms with Crippen molar-refractivity contribution in [1.82, 2.24) is 0 Å². The Morgan fingerprint density at radius 2 is 2.05 bits per heavy atom. The second kappa shape index (κ2) is 5.53. The van der Waals surface area contributed by atoms with Crippen LogP contribution >= 0.6 is 0 Å². The molecule has 4 nitrogen and oxygen atoms in total. The van der Waals surface area contributed by atoms with E-state index in [9.17, 15) is 14.7 Å². The van der Waals surface area contributed by atoms with Crippen LogP contribution in [0.5, 0.6) is 5.75 Å². The lowest BCUT2D eigenvalue weighted by Crippen LogP contribution is -2.48. The van der Waals surface area contributed by atoms with Gasteiger partial charge < -0.3 is 14.6 Å². The molecule has 19 heavy (non-hydrogen) atoms. The lowest BCUT2D eigenvalue weighted by Gasteiger charge is -2.35. The van der Waals surface area contributed by atoms with E-state index in [1.54, 1.807) is 31.4 Å². The van der Waals surface area contributed by atoms with Gasteiger partial charge in [-0.05, 0) is 37.1 Å². The van der Waals surface area contributed by atoms with Gasteiger partial charge in [0, 0.05) is 5.56 Å². The fourth-order valence-electron chi connectivity index (χ4n) is 2.64. The van der Waals surface area contributed by atoms with Crippen molar-refractivity contribution >= 4 is 12.1 Å². The fourth-order valence-corrected chi connectivity index (χ4v) is 2.64. The van der Waals surface area contributed by atoms with Gasteiger partial charge >= 0.3 is 0 Å². The Bertz CT molecular complexity index is 466. The summed E-state index contributed by atoms with van der Waals surface area (Å²) >= 11 is 0. The number of ether oxygens (including phenoxy) is 1. The van der Waals surface area contributed by atoms with Gasteiger partial charge in [-0.3, -0.25) is 4.79 Å². The number of hydrogen-bond acceptors (Lipinski definition) is 4. The molecule has 0 spiro atoms. The molecule has 1 aromatic rings. The van der Waals surface area contributed by atoms with Crippen molar-refractivity contribution in [2.24, 2.45) is 5.92 Å². The third-order valence-corrected chi connectivity index (χ3v) is 3.85. The highest BCUT2D eigenvalue weighted by Crippen LogP contribution is 2.35. The molecule has 0 saturated heterocycles. The summed E-state index contributed by atoms with van der Waals surface area (Å²) in [5, 5.41) is 10.6. The molecular formula is C15H18O4. The summed E-state index contributed by atoms with van der Waals surface area (Å²) in [7, 11) is 1.55. The van der Waals surface area contributed by atoms with Gasteiger partial charge in [0.05, 0.1) is 13.0 Å². The first-order valence-corrected chi connectivity index (χ1v) is 6.48. The average Bonchev–Trinajstić information content (AvgIpc) is 2.47. The van der Waals surface area contributed by atoms with Gasteiger partial charge in [-0.15, -0.1) is 0 Å². The lowest BCUT2D eigenvalue weighted by atomic mass is 9.72. The van der Waals surface area contributed by atoms with E-state index in [-0.39, 0.29) is 5.78 Å². The summed E-state index contributed by atoms with van der Waals surface area (Å²) in [6, 6.07) is 6.59. The van der Waals surface area contributed by atoms with Crippen molar-refractivity contribution in [3.05, 3.63) is 29.8 Å². The zero-order valence-corrected chi connectivity index (χ0v) is 11.0. The Morgan fingerprint density at radius 1 is 1.37 bits per heavy atom. The van der Waals surface area contributed by atoms with Crippen LogP contribution in [0.3, 0.4) is 0 Å². The molecule has 2 atom stereocenters. The van der Waals surface area contributed by atoms with Crippen LogP contribution in [0.2, 0.25) is 0 Å². The lowest BCUT2D eigenvalue weighted by molar-refractivity contribution is -0.120. The first-order chi connectivity index (χ1) is 9.11. The molecule has 2 unspecified atom stereocenters. The predicted octanol–water partition coefficient (Wildman–Crippen LogP) is 2.00. The monoisotopic (exact) mass is 262 g/mol. The standard InChI is InChI=1S/C15H18O4/c1-19-13-7-5-11(6-8-13)14(17)15(18)9-3-2-4-12(15)10-16/h5-8,10,12,18H,2-4,9H2,1H3. The van der Waals surface area contributed by atoms with Gasteiger partial charge in [0.15, 0.2) is 5.78 Å². The molecule has 1 N–H and O–H groups in total. The van der Waals surface area contributed by atoms with Gasteiger partial charge in [0.1, 0.15) is 17.6 Å². The first kappa shape index (κ1) is 13.7. The smallest absolute Gasteiger partial charge is 0.195 e. The van der Waals surface area contributed by atoms with Crippen LogP contribution in [0.4, 0.5) is 0 Å². The summed E-state index contributed by atoms with van der Waals surface area (Å²) in [6.45, 7) is 0. The zero-order chi connectivity index (χ0) is 13.9. The summed E-state index contributed by atoms with van der Waals surface area (Å²) in [4.78, 5) is 23.5. The number of carbonyl (C=O) groups is 2. The molecule has 102 valence electrons. The number of Topliss-reactive ketones (excluding diaryl/α,β-unsaturated/α-hetero) is 1. The van der Waals surface area contributed by atoms with E-state index in [0.717, 1.165) is 12.8 Å². The van der Waals surface area contributed by atoms with Crippen molar-refractivity contribution in [2.45, 2.75) is 31.3 Å². The van der Waals surface area contributed by atoms with E-state index < -0.39 is 11.5 Å². The molecule has 1 fully saturated rings. The topological polar surface area (TPSA) is 63.6 Å². The number of aliphatic hydroxyl groups is 1. The van der Waals surface area contributed by atoms with E-state index in [4.69, 9.17) is 4.74 Å². The Hall–Kier alpha value is -1.68. The van der Waals surface area contributed by atoms with Gasteiger partial charge in [-0.2, -0.15) is 0 Å². The molecule has 0 bridgehead atoms. The van der Waals surface area contributed by atoms with Crippen LogP contribution in [0, 0.1) is 5.92 Å². The Morgan fingerprint density at radius 3 is 2.63 bits per heavy atom. The molecule has 1 aliphatic carbocycles. The van der Waals surface area contributed by atoms with Crippen molar-refractivity contribution < 1.29 is 19.4 Å². The summed E-state index contributed by atoms with van der Waals surface area (Å²) in [5.74, 6) is -0.318. The minimum absolute atomic E-state index is 0.348. The molecule has 0 aromatic heterocycles. The Kier molecular flexibility index (Phi) is 4.00. The minimum atomic E-state index is -1.55. The first-order valence-electron chi connectivity index (χ1n) is 6.48. The Balaban J connectivity index is 2.27. The summed E-state index contributed by atoms with van der Waals surface area (Å²) < 4.78 is 5.03. The van der Waals surface area contributed by atoms with E-state index in [0.29, 0.717) is 30.4 Å². The third-order valence-electron chi connectivity index (χ3n) is 3.85. The number of ketones is 1. The number of carbonyl (C=O) groups excluding carboxylic acids is 2. The molecule has 0 amide bonds. The molecule has 4 heteroatoms. The molecule has 0 radical (unpaired) electrons. The van der Waals surface area contributed by atoms with Crippen LogP contribution in [0.15, 0.2) is 24.3 Å². The van der Waals surface area contributed by atoms with Crippen molar-refractivity contribution in [1.29, 1.82) is 0 Å². The van der Waals surface area contributed by atoms with Crippen LogP contribution < -0.4 is 4.74 Å². The largest absolute Gasteiger partial charge is 0.497 e. The molecular weight excluding hydrogens is 244 g/mol. The van der Waals surface area contributed by atoms with Gasteiger partial charge in [-0.1, -0.05) is 12.8 Å². The van der Waals surface area contributed by atoms with Crippen LogP contribution in [0.1, 0.15) is 36.0 Å².